The quantitative estimate of drug-likeness (QED) is 0.790. The van der Waals surface area contributed by atoms with Crippen molar-refractivity contribution in [3.05, 3.63) is 59.9 Å². The first kappa shape index (κ1) is 11.6. The standard InChI is InChI=1S/C14H15NO2/c1-16-10-12-4-2-3-5-13(12)11-17-14-6-8-15-9-7-14/h2-9H,10-11H2,1H3. The first-order valence-electron chi connectivity index (χ1n) is 5.48. The van der Waals surface area contributed by atoms with Gasteiger partial charge in [0, 0.05) is 19.5 Å². The van der Waals surface area contributed by atoms with E-state index in [2.05, 4.69) is 17.1 Å². The van der Waals surface area contributed by atoms with Crippen molar-refractivity contribution >= 4 is 0 Å². The number of aromatic nitrogens is 1. The molecular weight excluding hydrogens is 214 g/mol. The largest absolute Gasteiger partial charge is 0.489 e. The minimum Gasteiger partial charge on any atom is -0.489 e. The Morgan fingerprint density at radius 1 is 0.941 bits per heavy atom. The SMILES string of the molecule is COCc1ccccc1COc1ccncc1. The molecule has 2 aromatic rings. The van der Waals surface area contributed by atoms with E-state index >= 15 is 0 Å². The van der Waals surface area contributed by atoms with E-state index in [0.717, 1.165) is 16.9 Å². The molecule has 0 bridgehead atoms. The van der Waals surface area contributed by atoms with Crippen molar-refractivity contribution in [1.29, 1.82) is 0 Å². The second-order valence-electron chi connectivity index (χ2n) is 3.67. The highest BCUT2D eigenvalue weighted by Gasteiger charge is 2.02. The molecular formula is C14H15NO2. The zero-order chi connectivity index (χ0) is 11.9. The third-order valence-corrected chi connectivity index (χ3v) is 2.46. The molecule has 2 rings (SSSR count). The molecule has 0 unspecified atom stereocenters. The van der Waals surface area contributed by atoms with Gasteiger partial charge in [0.25, 0.3) is 0 Å². The molecule has 88 valence electrons. The van der Waals surface area contributed by atoms with E-state index in [4.69, 9.17) is 9.47 Å². The Bertz CT molecular complexity index is 457. The van der Waals surface area contributed by atoms with Gasteiger partial charge >= 0.3 is 0 Å². The van der Waals surface area contributed by atoms with Crippen LogP contribution in [0.25, 0.3) is 0 Å². The number of hydrogen-bond donors (Lipinski definition) is 0. The molecule has 1 heterocycles. The van der Waals surface area contributed by atoms with Crippen molar-refractivity contribution in [2.75, 3.05) is 7.11 Å². The smallest absolute Gasteiger partial charge is 0.122 e. The van der Waals surface area contributed by atoms with E-state index in [9.17, 15) is 0 Å². The van der Waals surface area contributed by atoms with Crippen LogP contribution < -0.4 is 4.74 Å². The van der Waals surface area contributed by atoms with Gasteiger partial charge in [-0.1, -0.05) is 24.3 Å². The summed E-state index contributed by atoms with van der Waals surface area (Å²) in [6, 6.07) is 11.8. The van der Waals surface area contributed by atoms with Gasteiger partial charge in [-0.25, -0.2) is 0 Å². The van der Waals surface area contributed by atoms with Gasteiger partial charge in [0.2, 0.25) is 0 Å². The fourth-order valence-electron chi connectivity index (χ4n) is 1.59. The molecule has 1 aromatic carbocycles. The van der Waals surface area contributed by atoms with Crippen LogP contribution in [0.3, 0.4) is 0 Å². The zero-order valence-corrected chi connectivity index (χ0v) is 9.80. The number of methoxy groups -OCH3 is 1. The van der Waals surface area contributed by atoms with Gasteiger partial charge in [-0.2, -0.15) is 0 Å². The monoisotopic (exact) mass is 229 g/mol. The first-order valence-corrected chi connectivity index (χ1v) is 5.48. The van der Waals surface area contributed by atoms with Gasteiger partial charge in [0.15, 0.2) is 0 Å². The Hall–Kier alpha value is -1.87. The van der Waals surface area contributed by atoms with E-state index in [1.165, 1.54) is 0 Å². The second-order valence-corrected chi connectivity index (χ2v) is 3.67. The van der Waals surface area contributed by atoms with Crippen molar-refractivity contribution in [1.82, 2.24) is 4.98 Å². The van der Waals surface area contributed by atoms with Gasteiger partial charge in [-0.3, -0.25) is 4.98 Å². The fourth-order valence-corrected chi connectivity index (χ4v) is 1.59. The molecule has 0 aliphatic carbocycles. The lowest BCUT2D eigenvalue weighted by atomic mass is 10.1. The lowest BCUT2D eigenvalue weighted by Crippen LogP contribution is -2.01. The molecule has 3 nitrogen and oxygen atoms in total. The van der Waals surface area contributed by atoms with Crippen molar-refractivity contribution < 1.29 is 9.47 Å². The normalized spacial score (nSPS) is 10.2. The average Bonchev–Trinajstić information content (AvgIpc) is 2.39. The lowest BCUT2D eigenvalue weighted by molar-refractivity contribution is 0.182. The highest BCUT2D eigenvalue weighted by atomic mass is 16.5. The fraction of sp³-hybridized carbons (Fsp3) is 0.214. The minimum absolute atomic E-state index is 0.545. The summed E-state index contributed by atoms with van der Waals surface area (Å²) in [4.78, 5) is 3.95. The summed E-state index contributed by atoms with van der Waals surface area (Å²) in [6.07, 6.45) is 3.44. The van der Waals surface area contributed by atoms with E-state index < -0.39 is 0 Å². The number of pyridine rings is 1. The molecule has 0 atom stereocenters. The van der Waals surface area contributed by atoms with Crippen molar-refractivity contribution in [3.63, 3.8) is 0 Å². The lowest BCUT2D eigenvalue weighted by Gasteiger charge is -2.10. The summed E-state index contributed by atoms with van der Waals surface area (Å²) in [5.41, 5.74) is 2.30. The van der Waals surface area contributed by atoms with Gasteiger partial charge < -0.3 is 9.47 Å². The highest BCUT2D eigenvalue weighted by molar-refractivity contribution is 5.27. The Kier molecular flexibility index (Phi) is 4.11. The van der Waals surface area contributed by atoms with Crippen molar-refractivity contribution in [2.45, 2.75) is 13.2 Å². The van der Waals surface area contributed by atoms with Crippen LogP contribution in [-0.2, 0) is 18.0 Å². The van der Waals surface area contributed by atoms with E-state index in [-0.39, 0.29) is 0 Å². The van der Waals surface area contributed by atoms with Gasteiger partial charge in [0.1, 0.15) is 12.4 Å². The molecule has 0 saturated heterocycles. The van der Waals surface area contributed by atoms with Crippen LogP contribution in [0.4, 0.5) is 0 Å². The second kappa shape index (κ2) is 6.01. The number of ether oxygens (including phenoxy) is 2. The number of nitrogens with zero attached hydrogens (tertiary/aromatic N) is 1. The Morgan fingerprint density at radius 3 is 2.24 bits per heavy atom. The molecule has 1 aromatic heterocycles. The average molecular weight is 229 g/mol. The topological polar surface area (TPSA) is 31.4 Å². The molecule has 0 radical (unpaired) electrons. The Balaban J connectivity index is 2.03. The summed E-state index contributed by atoms with van der Waals surface area (Å²) < 4.78 is 10.8. The van der Waals surface area contributed by atoms with Crippen molar-refractivity contribution in [3.8, 4) is 5.75 Å². The third kappa shape index (κ3) is 3.29. The maximum Gasteiger partial charge on any atom is 0.122 e. The Morgan fingerprint density at radius 2 is 1.59 bits per heavy atom. The maximum atomic E-state index is 5.68. The summed E-state index contributed by atoms with van der Waals surface area (Å²) in [5, 5.41) is 0. The predicted molar refractivity (Wildman–Crippen MR) is 65.7 cm³/mol. The first-order chi connectivity index (χ1) is 8.40. The van der Waals surface area contributed by atoms with Crippen LogP contribution in [0, 0.1) is 0 Å². The molecule has 0 aliphatic heterocycles. The molecule has 17 heavy (non-hydrogen) atoms. The molecule has 0 fully saturated rings. The summed E-state index contributed by atoms with van der Waals surface area (Å²) in [5.74, 6) is 0.826. The minimum atomic E-state index is 0.545. The van der Waals surface area contributed by atoms with Crippen LogP contribution in [0.1, 0.15) is 11.1 Å². The van der Waals surface area contributed by atoms with Crippen LogP contribution in [0.2, 0.25) is 0 Å². The molecule has 3 heteroatoms. The molecule has 0 amide bonds. The predicted octanol–water partition coefficient (Wildman–Crippen LogP) is 2.81. The van der Waals surface area contributed by atoms with Crippen LogP contribution in [-0.4, -0.2) is 12.1 Å². The Labute approximate surface area is 101 Å². The highest BCUT2D eigenvalue weighted by Crippen LogP contribution is 2.14. The molecule has 0 saturated carbocycles. The third-order valence-electron chi connectivity index (χ3n) is 2.46. The summed E-state index contributed by atoms with van der Waals surface area (Å²) in [6.45, 7) is 1.15. The van der Waals surface area contributed by atoms with Crippen LogP contribution in [0.5, 0.6) is 5.75 Å². The zero-order valence-electron chi connectivity index (χ0n) is 9.80. The van der Waals surface area contributed by atoms with Gasteiger partial charge in [0.05, 0.1) is 6.61 Å². The van der Waals surface area contributed by atoms with Crippen molar-refractivity contribution in [2.24, 2.45) is 0 Å². The molecule has 0 spiro atoms. The van der Waals surface area contributed by atoms with Crippen LogP contribution >= 0.6 is 0 Å². The van der Waals surface area contributed by atoms with Gasteiger partial charge in [-0.15, -0.1) is 0 Å². The van der Waals surface area contributed by atoms with Crippen LogP contribution in [0.15, 0.2) is 48.8 Å². The van der Waals surface area contributed by atoms with E-state index in [0.29, 0.717) is 13.2 Å². The maximum absolute atomic E-state index is 5.68. The molecule has 0 N–H and O–H groups in total. The number of benzene rings is 1. The number of rotatable bonds is 5. The van der Waals surface area contributed by atoms with E-state index in [1.54, 1.807) is 19.5 Å². The van der Waals surface area contributed by atoms with E-state index in [1.807, 2.05) is 24.3 Å². The molecule has 0 aliphatic rings. The van der Waals surface area contributed by atoms with Gasteiger partial charge in [-0.05, 0) is 23.3 Å². The summed E-state index contributed by atoms with van der Waals surface area (Å²) in [7, 11) is 1.69. The number of hydrogen-bond acceptors (Lipinski definition) is 3. The summed E-state index contributed by atoms with van der Waals surface area (Å²) >= 11 is 0.